The van der Waals surface area contributed by atoms with E-state index < -0.39 is 35.1 Å². The second-order valence-corrected chi connectivity index (χ2v) is 13.0. The van der Waals surface area contributed by atoms with E-state index in [9.17, 15) is 24.3 Å². The molecule has 16 nitrogen and oxygen atoms in total. The van der Waals surface area contributed by atoms with Crippen molar-refractivity contribution in [2.45, 2.75) is 54.8 Å². The molecule has 6 rings (SSSR count). The second-order valence-electron chi connectivity index (χ2n) is 10.2. The Morgan fingerprint density at radius 3 is 2.80 bits per heavy atom. The molecule has 0 aromatic carbocycles. The van der Waals surface area contributed by atoms with Crippen LogP contribution in [0, 0.1) is 0 Å². The maximum Gasteiger partial charge on any atom is 0.352 e. The van der Waals surface area contributed by atoms with Crippen LogP contribution in [0.4, 0.5) is 5.13 Å². The van der Waals surface area contributed by atoms with Gasteiger partial charge in [-0.3, -0.25) is 19.3 Å². The Kier molecular flexibility index (Phi) is 8.72. The molecule has 3 amide bonds. The Hall–Kier alpha value is -4.49. The van der Waals surface area contributed by atoms with E-state index in [1.807, 2.05) is 0 Å². The first-order valence-electron chi connectivity index (χ1n) is 13.7. The van der Waals surface area contributed by atoms with Gasteiger partial charge in [-0.25, -0.2) is 9.36 Å². The molecule has 3 aromatic heterocycles. The average Bonchev–Trinajstić information content (AvgIpc) is 3.77. The number of imidazole rings is 1. The molecule has 234 valence electrons. The van der Waals surface area contributed by atoms with Gasteiger partial charge >= 0.3 is 11.6 Å². The molecule has 0 bridgehead atoms. The van der Waals surface area contributed by atoms with Crippen LogP contribution in [-0.2, 0) is 30.6 Å². The maximum absolute atomic E-state index is 13.3. The topological polar surface area (TPSA) is 224 Å². The molecule has 6 N–H and O–H groups in total. The summed E-state index contributed by atoms with van der Waals surface area (Å²) in [5.74, 6) is -2.75. The third-order valence-electron chi connectivity index (χ3n) is 7.23. The zero-order valence-corrected chi connectivity index (χ0v) is 25.9. The van der Waals surface area contributed by atoms with Crippen molar-refractivity contribution in [2.75, 3.05) is 11.5 Å². The van der Waals surface area contributed by atoms with Crippen LogP contribution in [0.1, 0.15) is 31.5 Å². The van der Waals surface area contributed by atoms with Crippen molar-refractivity contribution < 1.29 is 33.7 Å². The molecule has 1 saturated carbocycles. The van der Waals surface area contributed by atoms with Crippen LogP contribution in [0.25, 0.3) is 5.65 Å². The van der Waals surface area contributed by atoms with Crippen LogP contribution in [0.3, 0.4) is 0 Å². The molecule has 1 saturated heterocycles. The number of hydrogen-bond acceptors (Lipinski definition) is 13. The lowest BCUT2D eigenvalue weighted by Crippen LogP contribution is -2.71. The van der Waals surface area contributed by atoms with E-state index in [-0.39, 0.29) is 40.8 Å². The van der Waals surface area contributed by atoms with Gasteiger partial charge in [0, 0.05) is 23.4 Å². The quantitative estimate of drug-likeness (QED) is 0.0708. The molecular formula is C26H27N10O6S3+. The van der Waals surface area contributed by atoms with E-state index in [4.69, 9.17) is 16.3 Å². The number of β-lactam (4-membered cyclic amide) rings is 1. The fourth-order valence-electron chi connectivity index (χ4n) is 5.14. The average molecular weight is 672 g/mol. The number of carboxylic acids is 1. The van der Waals surface area contributed by atoms with Gasteiger partial charge in [0.2, 0.25) is 11.5 Å². The molecule has 3 aromatic rings. The number of aliphatic carboxylic acids is 1. The molecule has 0 spiro atoms. The van der Waals surface area contributed by atoms with Crippen LogP contribution in [-0.4, -0.2) is 81.7 Å². The number of nitrogens with zero attached hydrogens (tertiary/aromatic N) is 7. The van der Waals surface area contributed by atoms with Crippen LogP contribution in [0.2, 0.25) is 0 Å². The van der Waals surface area contributed by atoms with Crippen molar-refractivity contribution in [2.24, 2.45) is 10.9 Å². The first-order valence-corrected chi connectivity index (χ1v) is 16.4. The van der Waals surface area contributed by atoms with Crippen LogP contribution >= 0.6 is 35.1 Å². The maximum atomic E-state index is 13.3. The predicted octanol–water partition coefficient (Wildman–Crippen LogP) is 0.249. The first-order chi connectivity index (χ1) is 21.7. The van der Waals surface area contributed by atoms with Gasteiger partial charge in [-0.2, -0.15) is 9.36 Å². The fourth-order valence-corrected chi connectivity index (χ4v) is 7.54. The van der Waals surface area contributed by atoms with E-state index in [1.165, 1.54) is 28.4 Å². The number of thioether (sulfide) groups is 2. The molecule has 2 aliphatic heterocycles. The smallest absolute Gasteiger partial charge is 0.352 e. The summed E-state index contributed by atoms with van der Waals surface area (Å²) in [6, 6.07) is 2.57. The molecule has 2 atom stereocenters. The van der Waals surface area contributed by atoms with Crippen molar-refractivity contribution in [1.29, 1.82) is 0 Å². The molecule has 45 heavy (non-hydrogen) atoms. The van der Waals surface area contributed by atoms with Gasteiger partial charge < -0.3 is 26.7 Å². The van der Waals surface area contributed by atoms with Gasteiger partial charge in [-0.1, -0.05) is 22.0 Å². The highest BCUT2D eigenvalue weighted by Crippen LogP contribution is 2.41. The number of amides is 3. The number of nitrogens with two attached hydrogens (primary N) is 2. The summed E-state index contributed by atoms with van der Waals surface area (Å²) < 4.78 is 7.34. The van der Waals surface area contributed by atoms with Crippen LogP contribution < -0.4 is 21.4 Å². The van der Waals surface area contributed by atoms with E-state index in [1.54, 1.807) is 45.1 Å². The van der Waals surface area contributed by atoms with Gasteiger partial charge in [0.05, 0.1) is 0 Å². The lowest BCUT2D eigenvalue weighted by molar-refractivity contribution is -0.658. The van der Waals surface area contributed by atoms with Gasteiger partial charge in [0.15, 0.2) is 17.9 Å². The standard InChI is InChI=1S/C26H26N10O6S3/c27-15(37)11-34-8-9-35-17(34)6-5-16(31-35)43-10-7-13-12-44-24-19(23(39)36(24)20(13)25(40)41)29-22(38)18(21-30-26(28)45-33-21)32-42-14-3-1-2-4-14/h5-10,14,19,24H,1-4,11-12H2,(H5-,27,28,29,30,33,37,38,40,41)/p+1/b10-7+,32-18-/t19-,24-/m1/s1. The molecular weight excluding hydrogens is 645 g/mol. The zero-order valence-electron chi connectivity index (χ0n) is 23.4. The highest BCUT2D eigenvalue weighted by Gasteiger charge is 2.54. The number of rotatable bonds is 11. The molecule has 2 fully saturated rings. The third kappa shape index (κ3) is 6.36. The number of hydrogen-bond donors (Lipinski definition) is 4. The number of nitrogens with one attached hydrogen (secondary N) is 1. The molecule has 5 heterocycles. The van der Waals surface area contributed by atoms with Crippen LogP contribution in [0.15, 0.2) is 57.5 Å². The predicted molar refractivity (Wildman–Crippen MR) is 163 cm³/mol. The first kappa shape index (κ1) is 30.5. The number of oxime groups is 1. The fraction of sp³-hybridized carbons (Fsp3) is 0.346. The van der Waals surface area contributed by atoms with Gasteiger partial charge in [-0.15, -0.1) is 16.3 Å². The monoisotopic (exact) mass is 671 g/mol. The largest absolute Gasteiger partial charge is 0.477 e. The van der Waals surface area contributed by atoms with Gasteiger partial charge in [-0.05, 0) is 48.8 Å². The van der Waals surface area contributed by atoms with Crippen molar-refractivity contribution in [3.63, 3.8) is 0 Å². The van der Waals surface area contributed by atoms with Crippen molar-refractivity contribution in [1.82, 2.24) is 29.2 Å². The third-order valence-corrected chi connectivity index (χ3v) is 9.81. The van der Waals surface area contributed by atoms with Gasteiger partial charge in [0.25, 0.3) is 17.7 Å². The number of allylic oxidation sites excluding steroid dienone is 1. The number of carboxylic acid groups (broad SMARTS) is 1. The molecule has 0 radical (unpaired) electrons. The number of nitrogen functional groups attached to an aromatic ring is 1. The van der Waals surface area contributed by atoms with E-state index in [0.29, 0.717) is 16.2 Å². The van der Waals surface area contributed by atoms with Crippen molar-refractivity contribution in [3.05, 3.63) is 53.1 Å². The Labute approximate surface area is 267 Å². The second kappa shape index (κ2) is 12.9. The van der Waals surface area contributed by atoms with Gasteiger partial charge in [0.1, 0.15) is 34.4 Å². The SMILES string of the molecule is NC(=O)C[n+]1ccn2nc(S/C=C/C3=C(C(=O)O)N4C(=O)[C@@H](NC(=O)/C(=N\OC5CCCC5)c5nsc(N)n5)[C@H]4SC3)ccc21. The van der Waals surface area contributed by atoms with E-state index in [0.717, 1.165) is 37.2 Å². The molecule has 3 aliphatic rings. The summed E-state index contributed by atoms with van der Waals surface area (Å²) in [6.07, 6.45) is 8.54. The van der Waals surface area contributed by atoms with Crippen molar-refractivity contribution in [3.8, 4) is 0 Å². The Bertz CT molecular complexity index is 1780. The summed E-state index contributed by atoms with van der Waals surface area (Å²) in [5, 5.41) is 23.0. The lowest BCUT2D eigenvalue weighted by Gasteiger charge is -2.49. The minimum atomic E-state index is -1.26. The Morgan fingerprint density at radius 1 is 1.29 bits per heavy atom. The summed E-state index contributed by atoms with van der Waals surface area (Å²) in [5.41, 5.74) is 11.8. The zero-order chi connectivity index (χ0) is 31.7. The summed E-state index contributed by atoms with van der Waals surface area (Å²) in [6.45, 7) is 0.0246. The number of carbonyl (C=O) groups excluding carboxylic acids is 3. The Balaban J connectivity index is 1.14. The highest BCUT2D eigenvalue weighted by molar-refractivity contribution is 8.02. The minimum Gasteiger partial charge on any atom is -0.477 e. The highest BCUT2D eigenvalue weighted by atomic mass is 32.2. The Morgan fingerprint density at radius 2 is 2.09 bits per heavy atom. The summed E-state index contributed by atoms with van der Waals surface area (Å²) in [7, 11) is 0. The normalized spacial score (nSPS) is 20.5. The number of aromatic nitrogens is 5. The number of anilines is 1. The lowest BCUT2D eigenvalue weighted by atomic mass is 10.0. The van der Waals surface area contributed by atoms with Crippen molar-refractivity contribution >= 4 is 75.2 Å². The number of carbonyl (C=O) groups is 4. The number of fused-ring (bicyclic) bond motifs is 2. The summed E-state index contributed by atoms with van der Waals surface area (Å²) in [4.78, 5) is 60.9. The van der Waals surface area contributed by atoms with Crippen LogP contribution in [0.5, 0.6) is 0 Å². The molecule has 19 heteroatoms. The molecule has 0 unspecified atom stereocenters. The number of primary amides is 1. The van der Waals surface area contributed by atoms with E-state index >= 15 is 0 Å². The summed E-state index contributed by atoms with van der Waals surface area (Å²) >= 11 is 3.48. The van der Waals surface area contributed by atoms with E-state index in [2.05, 4.69) is 24.9 Å². The molecule has 1 aliphatic carbocycles. The minimum absolute atomic E-state index is 0.0146.